The lowest BCUT2D eigenvalue weighted by molar-refractivity contribution is -0.223. The van der Waals surface area contributed by atoms with E-state index in [1.54, 1.807) is 44.2 Å². The molecule has 0 saturated heterocycles. The van der Waals surface area contributed by atoms with Crippen molar-refractivity contribution in [1.82, 2.24) is 0 Å². The summed E-state index contributed by atoms with van der Waals surface area (Å²) in [5, 5.41) is 11.3. The van der Waals surface area contributed by atoms with Crippen LogP contribution in [0.5, 0.6) is 0 Å². The Hall–Kier alpha value is -2.66. The minimum absolute atomic E-state index is 0.0416. The molecule has 1 N–H and O–H groups in total. The maximum Gasteiger partial charge on any atom is 0.184 e. The Morgan fingerprint density at radius 2 is 1.63 bits per heavy atom. The molecule has 4 fully saturated rings. The van der Waals surface area contributed by atoms with Crippen molar-refractivity contribution in [3.05, 3.63) is 61.2 Å². The van der Waals surface area contributed by atoms with Gasteiger partial charge in [0.1, 0.15) is 5.41 Å². The summed E-state index contributed by atoms with van der Waals surface area (Å²) in [4.78, 5) is 55.9. The van der Waals surface area contributed by atoms with Crippen molar-refractivity contribution in [3.8, 4) is 0 Å². The molecule has 4 aliphatic rings. The third kappa shape index (κ3) is 1.88. The number of aliphatic hydroxyl groups is 1. The molecule has 0 unspecified atom stereocenters. The number of rotatable bonds is 6. The van der Waals surface area contributed by atoms with Gasteiger partial charge in [0.15, 0.2) is 28.5 Å². The molecule has 1 aromatic rings. The Morgan fingerprint density at radius 1 is 1.03 bits per heavy atom. The monoisotopic (exact) mass is 406 g/mol. The van der Waals surface area contributed by atoms with Crippen LogP contribution < -0.4 is 0 Å². The molecule has 0 spiro atoms. The summed E-state index contributed by atoms with van der Waals surface area (Å²) in [5.74, 6) is -3.15. The molecule has 4 bridgehead atoms. The van der Waals surface area contributed by atoms with Gasteiger partial charge >= 0.3 is 0 Å². The van der Waals surface area contributed by atoms with Crippen LogP contribution in [0.4, 0.5) is 0 Å². The van der Waals surface area contributed by atoms with E-state index in [9.17, 15) is 24.3 Å². The first-order valence-corrected chi connectivity index (χ1v) is 10.2. The Morgan fingerprint density at radius 3 is 2.20 bits per heavy atom. The van der Waals surface area contributed by atoms with Gasteiger partial charge in [-0.15, -0.1) is 13.2 Å². The smallest absolute Gasteiger partial charge is 0.184 e. The van der Waals surface area contributed by atoms with Gasteiger partial charge in [-0.1, -0.05) is 56.3 Å². The third-order valence-corrected chi connectivity index (χ3v) is 8.04. The Labute approximate surface area is 175 Å². The number of benzene rings is 1. The number of Topliss-reactive ketones (excluding diaryl/α,β-unsaturated/α-hetero) is 4. The molecule has 0 aliphatic heterocycles. The lowest BCUT2D eigenvalue weighted by atomic mass is 9.28. The van der Waals surface area contributed by atoms with Gasteiger partial charge in [0, 0.05) is 5.56 Å². The van der Waals surface area contributed by atoms with Gasteiger partial charge in [0.25, 0.3) is 0 Å². The number of hydrogen-bond acceptors (Lipinski definition) is 5. The van der Waals surface area contributed by atoms with Crippen molar-refractivity contribution in [2.45, 2.75) is 39.2 Å². The molecule has 4 saturated carbocycles. The Kier molecular flexibility index (Phi) is 4.24. The lowest BCUT2D eigenvalue weighted by Crippen LogP contribution is -2.84. The van der Waals surface area contributed by atoms with Gasteiger partial charge < -0.3 is 5.11 Å². The van der Waals surface area contributed by atoms with E-state index in [-0.39, 0.29) is 24.8 Å². The van der Waals surface area contributed by atoms with Gasteiger partial charge in [-0.3, -0.25) is 19.2 Å². The van der Waals surface area contributed by atoms with Gasteiger partial charge in [0.05, 0.1) is 11.5 Å². The van der Waals surface area contributed by atoms with Gasteiger partial charge in [-0.2, -0.15) is 0 Å². The van der Waals surface area contributed by atoms with Crippen molar-refractivity contribution < 1.29 is 24.3 Å². The standard InChI is InChI=1S/C25H26O5/c1-5-12-23-14-16-18(27)24(13-6-2,19(23)28)21(30)25(20(23)29,22(16,3)4)17(26)15-10-8-7-9-11-15/h5-11,16,18,27H,1-2,12-14H2,3-4H3/t16-,18+,23+,24-,25+/m0/s1. The highest BCUT2D eigenvalue weighted by Gasteiger charge is 2.87. The summed E-state index contributed by atoms with van der Waals surface area (Å²) < 4.78 is 0. The number of carbonyl (C=O) groups excluding carboxylic acids is 4. The van der Waals surface area contributed by atoms with E-state index in [1.807, 2.05) is 0 Å². The van der Waals surface area contributed by atoms with Crippen molar-refractivity contribution in [3.63, 3.8) is 0 Å². The second-order valence-electron chi connectivity index (χ2n) is 9.45. The average Bonchev–Trinajstić information content (AvgIpc) is 2.72. The van der Waals surface area contributed by atoms with Gasteiger partial charge in [-0.05, 0) is 30.6 Å². The number of carbonyl (C=O) groups is 4. The maximum absolute atomic E-state index is 14.1. The predicted octanol–water partition coefficient (Wildman–Crippen LogP) is 3.12. The molecule has 1 aromatic carbocycles. The first-order valence-electron chi connectivity index (χ1n) is 10.2. The van der Waals surface area contributed by atoms with E-state index >= 15 is 0 Å². The van der Waals surface area contributed by atoms with E-state index in [0.717, 1.165) is 0 Å². The molecule has 4 aliphatic carbocycles. The lowest BCUT2D eigenvalue weighted by Gasteiger charge is -2.69. The van der Waals surface area contributed by atoms with Crippen LogP contribution in [0, 0.1) is 27.6 Å². The summed E-state index contributed by atoms with van der Waals surface area (Å²) >= 11 is 0. The zero-order valence-electron chi connectivity index (χ0n) is 17.3. The first kappa shape index (κ1) is 20.6. The molecule has 5 atom stereocenters. The molecule has 0 heterocycles. The molecular formula is C25H26O5. The van der Waals surface area contributed by atoms with Gasteiger partial charge in [0.2, 0.25) is 0 Å². The van der Waals surface area contributed by atoms with Crippen LogP contribution in [-0.4, -0.2) is 34.3 Å². The fraction of sp³-hybridized carbons (Fsp3) is 0.440. The van der Waals surface area contributed by atoms with Crippen LogP contribution in [0.25, 0.3) is 0 Å². The van der Waals surface area contributed by atoms with E-state index in [2.05, 4.69) is 13.2 Å². The van der Waals surface area contributed by atoms with Crippen molar-refractivity contribution in [2.24, 2.45) is 27.6 Å². The molecule has 5 rings (SSSR count). The largest absolute Gasteiger partial charge is 0.391 e. The fourth-order valence-corrected chi connectivity index (χ4v) is 6.58. The summed E-state index contributed by atoms with van der Waals surface area (Å²) in [5.41, 5.74) is -6.29. The molecule has 0 aromatic heterocycles. The zero-order valence-corrected chi connectivity index (χ0v) is 17.3. The highest BCUT2D eigenvalue weighted by atomic mass is 16.3. The van der Waals surface area contributed by atoms with Gasteiger partial charge in [-0.25, -0.2) is 0 Å². The highest BCUT2D eigenvalue weighted by Crippen LogP contribution is 2.73. The van der Waals surface area contributed by atoms with Crippen molar-refractivity contribution >= 4 is 23.1 Å². The average molecular weight is 406 g/mol. The van der Waals surface area contributed by atoms with E-state index < -0.39 is 56.8 Å². The molecular weight excluding hydrogens is 380 g/mol. The highest BCUT2D eigenvalue weighted by molar-refractivity contribution is 6.42. The van der Waals surface area contributed by atoms with Crippen LogP contribution in [-0.2, 0) is 14.4 Å². The van der Waals surface area contributed by atoms with Crippen LogP contribution in [0.15, 0.2) is 55.6 Å². The molecule has 0 amide bonds. The Bertz CT molecular complexity index is 1010. The minimum Gasteiger partial charge on any atom is -0.391 e. The second-order valence-corrected chi connectivity index (χ2v) is 9.45. The normalized spacial score (nSPS) is 38.6. The number of ketones is 4. The number of hydrogen-bond donors (Lipinski definition) is 1. The molecule has 5 heteroatoms. The fourth-order valence-electron chi connectivity index (χ4n) is 6.58. The van der Waals surface area contributed by atoms with Crippen molar-refractivity contribution in [2.75, 3.05) is 0 Å². The van der Waals surface area contributed by atoms with Crippen LogP contribution in [0.1, 0.15) is 43.5 Å². The molecule has 30 heavy (non-hydrogen) atoms. The third-order valence-electron chi connectivity index (χ3n) is 8.04. The summed E-state index contributed by atoms with van der Waals surface area (Å²) in [6.45, 7) is 10.8. The van der Waals surface area contributed by atoms with E-state index in [4.69, 9.17) is 0 Å². The molecule has 156 valence electrons. The topological polar surface area (TPSA) is 88.5 Å². The SMILES string of the molecule is C=CC[C@@]12C[C@H]3[C@@H](O)[C@@](CC=C)(C1=O)C(=O)[C@@](C(=O)c1ccccc1)(C2=O)C3(C)C. The van der Waals surface area contributed by atoms with E-state index in [0.29, 0.717) is 0 Å². The second kappa shape index (κ2) is 6.17. The number of aliphatic hydroxyl groups excluding tert-OH is 1. The summed E-state index contributed by atoms with van der Waals surface area (Å²) in [6.07, 6.45) is 1.70. The quantitative estimate of drug-likeness (QED) is 0.445. The Balaban J connectivity index is 2.10. The zero-order chi connectivity index (χ0) is 22.1. The first-order chi connectivity index (χ1) is 14.1. The van der Waals surface area contributed by atoms with E-state index in [1.165, 1.54) is 12.2 Å². The molecule has 0 radical (unpaired) electrons. The van der Waals surface area contributed by atoms with Crippen LogP contribution in [0.3, 0.4) is 0 Å². The minimum atomic E-state index is -2.03. The molecule has 5 nitrogen and oxygen atoms in total. The van der Waals surface area contributed by atoms with Crippen LogP contribution >= 0.6 is 0 Å². The number of allylic oxidation sites excluding steroid dienone is 2. The summed E-state index contributed by atoms with van der Waals surface area (Å²) in [6, 6.07) is 8.26. The maximum atomic E-state index is 14.1. The van der Waals surface area contributed by atoms with Crippen molar-refractivity contribution in [1.29, 1.82) is 0 Å². The summed E-state index contributed by atoms with van der Waals surface area (Å²) in [7, 11) is 0. The van der Waals surface area contributed by atoms with Crippen LogP contribution in [0.2, 0.25) is 0 Å². The predicted molar refractivity (Wildman–Crippen MR) is 111 cm³/mol.